The van der Waals surface area contributed by atoms with E-state index < -0.39 is 17.9 Å². The Morgan fingerprint density at radius 2 is 1.85 bits per heavy atom. The van der Waals surface area contributed by atoms with Crippen LogP contribution in [0.2, 0.25) is 0 Å². The van der Waals surface area contributed by atoms with Crippen LogP contribution in [0.4, 0.5) is 13.2 Å². The lowest BCUT2D eigenvalue weighted by molar-refractivity contribution is -0.155. The number of oxime groups is 1. The molecule has 0 bridgehead atoms. The number of nitrogens with two attached hydrogens (primary N) is 1. The van der Waals surface area contributed by atoms with Gasteiger partial charge < -0.3 is 16.3 Å². The molecule has 1 saturated carbocycles. The number of rotatable bonds is 5. The summed E-state index contributed by atoms with van der Waals surface area (Å²) < 4.78 is 38.4. The van der Waals surface area contributed by atoms with E-state index in [0.717, 1.165) is 25.7 Å². The Hall–Kier alpha value is -0.980. The van der Waals surface area contributed by atoms with Gasteiger partial charge in [-0.25, -0.2) is 0 Å². The molecule has 0 aromatic heterocycles. The van der Waals surface area contributed by atoms with Gasteiger partial charge in [-0.1, -0.05) is 30.8 Å². The standard InChI is InChI=1S/C13H24F3N3O/c1-9(10-6-4-2-3-5-7-10)18-8-11(12(17)19-20)13(14,15)16/h9-11,18,20H,2-8H2,1H3,(H2,17,19)/t9-,11?/m1/s1. The predicted molar refractivity (Wildman–Crippen MR) is 71.6 cm³/mol. The molecule has 1 fully saturated rings. The summed E-state index contributed by atoms with van der Waals surface area (Å²) in [5.74, 6) is -2.34. The Balaban J connectivity index is 2.53. The molecule has 1 aliphatic rings. The fourth-order valence-corrected chi connectivity index (χ4v) is 2.74. The van der Waals surface area contributed by atoms with Crippen molar-refractivity contribution < 1.29 is 18.4 Å². The second kappa shape index (κ2) is 7.71. The van der Waals surface area contributed by atoms with Gasteiger partial charge in [0, 0.05) is 12.6 Å². The molecule has 0 aliphatic heterocycles. The first kappa shape index (κ1) is 17.1. The maximum Gasteiger partial charge on any atom is 0.400 e. The molecule has 1 aliphatic carbocycles. The largest absolute Gasteiger partial charge is 0.409 e. The maximum absolute atomic E-state index is 12.8. The second-order valence-corrected chi connectivity index (χ2v) is 5.57. The fourth-order valence-electron chi connectivity index (χ4n) is 2.74. The Kier molecular flexibility index (Phi) is 6.58. The van der Waals surface area contributed by atoms with E-state index >= 15 is 0 Å². The van der Waals surface area contributed by atoms with Crippen LogP contribution in [0.5, 0.6) is 0 Å². The first-order chi connectivity index (χ1) is 9.36. The van der Waals surface area contributed by atoms with E-state index in [4.69, 9.17) is 10.9 Å². The molecule has 0 aromatic carbocycles. The van der Waals surface area contributed by atoms with Gasteiger partial charge >= 0.3 is 6.18 Å². The zero-order chi connectivity index (χ0) is 15.2. The van der Waals surface area contributed by atoms with Crippen molar-refractivity contribution in [2.24, 2.45) is 22.7 Å². The molecule has 0 spiro atoms. The maximum atomic E-state index is 12.8. The fraction of sp³-hybridized carbons (Fsp3) is 0.923. The number of nitrogens with zero attached hydrogens (tertiary/aromatic N) is 1. The lowest BCUT2D eigenvalue weighted by atomic mass is 9.92. The summed E-state index contributed by atoms with van der Waals surface area (Å²) in [4.78, 5) is 0. The molecule has 0 radical (unpaired) electrons. The van der Waals surface area contributed by atoms with Gasteiger partial charge in [-0.3, -0.25) is 0 Å². The van der Waals surface area contributed by atoms with Gasteiger partial charge in [-0.2, -0.15) is 13.2 Å². The van der Waals surface area contributed by atoms with Gasteiger partial charge in [0.15, 0.2) is 5.84 Å². The summed E-state index contributed by atoms with van der Waals surface area (Å²) in [7, 11) is 0. The third-order valence-corrected chi connectivity index (χ3v) is 4.12. The Morgan fingerprint density at radius 1 is 1.30 bits per heavy atom. The summed E-state index contributed by atoms with van der Waals surface area (Å²) in [6.07, 6.45) is 2.28. The van der Waals surface area contributed by atoms with Crippen LogP contribution >= 0.6 is 0 Å². The van der Waals surface area contributed by atoms with E-state index in [1.54, 1.807) is 0 Å². The topological polar surface area (TPSA) is 70.6 Å². The van der Waals surface area contributed by atoms with Crippen LogP contribution in [0.1, 0.15) is 45.4 Å². The predicted octanol–water partition coefficient (Wildman–Crippen LogP) is 2.86. The van der Waals surface area contributed by atoms with Gasteiger partial charge in [-0.15, -0.1) is 0 Å². The number of alkyl halides is 3. The van der Waals surface area contributed by atoms with Crippen LogP contribution in [-0.2, 0) is 0 Å². The number of nitrogens with one attached hydrogen (secondary N) is 1. The highest BCUT2D eigenvalue weighted by Crippen LogP contribution is 2.28. The smallest absolute Gasteiger partial charge is 0.400 e. The van der Waals surface area contributed by atoms with Crippen molar-refractivity contribution in [2.75, 3.05) is 6.54 Å². The van der Waals surface area contributed by atoms with Gasteiger partial charge in [0.2, 0.25) is 0 Å². The highest BCUT2D eigenvalue weighted by atomic mass is 19.4. The molecule has 4 nitrogen and oxygen atoms in total. The van der Waals surface area contributed by atoms with Gasteiger partial charge in [0.25, 0.3) is 0 Å². The van der Waals surface area contributed by atoms with E-state index in [9.17, 15) is 13.2 Å². The van der Waals surface area contributed by atoms with Crippen LogP contribution < -0.4 is 11.1 Å². The van der Waals surface area contributed by atoms with Gasteiger partial charge in [0.1, 0.15) is 5.92 Å². The zero-order valence-electron chi connectivity index (χ0n) is 11.8. The monoisotopic (exact) mass is 295 g/mol. The Bertz CT molecular complexity index is 312. The first-order valence-electron chi connectivity index (χ1n) is 7.13. The Morgan fingerprint density at radius 3 is 2.30 bits per heavy atom. The highest BCUT2D eigenvalue weighted by molar-refractivity contribution is 5.83. The second-order valence-electron chi connectivity index (χ2n) is 5.57. The van der Waals surface area contributed by atoms with Crippen molar-refractivity contribution >= 4 is 5.84 Å². The molecular formula is C13H24F3N3O. The van der Waals surface area contributed by atoms with E-state index in [1.165, 1.54) is 12.8 Å². The average Bonchev–Trinajstić information content (AvgIpc) is 2.65. The van der Waals surface area contributed by atoms with E-state index in [-0.39, 0.29) is 12.6 Å². The van der Waals surface area contributed by atoms with Crippen LogP contribution in [0.3, 0.4) is 0 Å². The molecule has 1 unspecified atom stereocenters. The van der Waals surface area contributed by atoms with Crippen molar-refractivity contribution in [3.8, 4) is 0 Å². The quantitative estimate of drug-likeness (QED) is 0.240. The van der Waals surface area contributed by atoms with Gasteiger partial charge in [0.05, 0.1) is 0 Å². The minimum absolute atomic E-state index is 0.00411. The molecule has 7 heteroatoms. The van der Waals surface area contributed by atoms with Crippen LogP contribution in [0.15, 0.2) is 5.16 Å². The third-order valence-electron chi connectivity index (χ3n) is 4.12. The van der Waals surface area contributed by atoms with Gasteiger partial charge in [-0.05, 0) is 25.7 Å². The van der Waals surface area contributed by atoms with Crippen LogP contribution in [-0.4, -0.2) is 29.8 Å². The zero-order valence-corrected chi connectivity index (χ0v) is 11.8. The van der Waals surface area contributed by atoms with Crippen molar-refractivity contribution in [1.82, 2.24) is 5.32 Å². The molecule has 0 heterocycles. The number of hydrogen-bond donors (Lipinski definition) is 3. The third kappa shape index (κ3) is 5.19. The SMILES string of the molecule is C[C@@H](NCC(C(N)=NO)C(F)(F)F)C1CCCCCC1. The summed E-state index contributed by atoms with van der Waals surface area (Å²) in [5, 5.41) is 13.9. The lowest BCUT2D eigenvalue weighted by Gasteiger charge is -2.26. The summed E-state index contributed by atoms with van der Waals surface area (Å²) in [5.41, 5.74) is 5.13. The summed E-state index contributed by atoms with van der Waals surface area (Å²) in [6, 6.07) is 0.00411. The lowest BCUT2D eigenvalue weighted by Crippen LogP contribution is -2.46. The summed E-state index contributed by atoms with van der Waals surface area (Å²) >= 11 is 0. The normalized spacial score (nSPS) is 22.3. The molecule has 0 saturated heterocycles. The molecule has 0 amide bonds. The van der Waals surface area contributed by atoms with Crippen molar-refractivity contribution in [3.05, 3.63) is 0 Å². The minimum Gasteiger partial charge on any atom is -0.409 e. The molecular weight excluding hydrogens is 271 g/mol. The van der Waals surface area contributed by atoms with Crippen molar-refractivity contribution in [2.45, 2.75) is 57.7 Å². The number of hydrogen-bond acceptors (Lipinski definition) is 3. The molecule has 0 aromatic rings. The van der Waals surface area contributed by atoms with E-state index in [1.807, 2.05) is 6.92 Å². The van der Waals surface area contributed by atoms with Crippen LogP contribution in [0.25, 0.3) is 0 Å². The molecule has 1 rings (SSSR count). The minimum atomic E-state index is -4.51. The molecule has 2 atom stereocenters. The molecule has 20 heavy (non-hydrogen) atoms. The molecule has 4 N–H and O–H groups in total. The highest BCUT2D eigenvalue weighted by Gasteiger charge is 2.42. The first-order valence-corrected chi connectivity index (χ1v) is 7.13. The van der Waals surface area contributed by atoms with E-state index in [0.29, 0.717) is 5.92 Å². The van der Waals surface area contributed by atoms with Crippen LogP contribution in [0, 0.1) is 11.8 Å². The number of amidine groups is 1. The Labute approximate surface area is 117 Å². The molecule has 118 valence electrons. The average molecular weight is 295 g/mol. The van der Waals surface area contributed by atoms with Crippen molar-refractivity contribution in [3.63, 3.8) is 0 Å². The van der Waals surface area contributed by atoms with Crippen molar-refractivity contribution in [1.29, 1.82) is 0 Å². The van der Waals surface area contributed by atoms with E-state index in [2.05, 4.69) is 10.5 Å². The number of halogens is 3. The summed E-state index contributed by atoms with van der Waals surface area (Å²) in [6.45, 7) is 1.56.